The van der Waals surface area contributed by atoms with Crippen LogP contribution in [0.4, 0.5) is 5.95 Å². The molecule has 0 atom stereocenters. The number of hydrogen-bond acceptors (Lipinski definition) is 4. The van der Waals surface area contributed by atoms with Gasteiger partial charge in [-0.2, -0.15) is 11.8 Å². The van der Waals surface area contributed by atoms with Gasteiger partial charge in [0, 0.05) is 42.6 Å². The third-order valence-corrected chi connectivity index (χ3v) is 3.39. The summed E-state index contributed by atoms with van der Waals surface area (Å²) in [5, 5.41) is 0. The van der Waals surface area contributed by atoms with Crippen LogP contribution in [0.1, 0.15) is 5.56 Å². The van der Waals surface area contributed by atoms with E-state index in [-0.39, 0.29) is 0 Å². The summed E-state index contributed by atoms with van der Waals surface area (Å²) in [7, 11) is 0. The van der Waals surface area contributed by atoms with Gasteiger partial charge in [-0.15, -0.1) is 11.6 Å². The Balaban J connectivity index is 2.07. The van der Waals surface area contributed by atoms with Crippen molar-refractivity contribution in [3.05, 3.63) is 18.0 Å². The summed E-state index contributed by atoms with van der Waals surface area (Å²) >= 11 is 7.65. The van der Waals surface area contributed by atoms with Crippen LogP contribution < -0.4 is 4.90 Å². The van der Waals surface area contributed by atoms with E-state index in [2.05, 4.69) is 14.9 Å². The van der Waals surface area contributed by atoms with Crippen LogP contribution in [-0.2, 0) is 5.88 Å². The van der Waals surface area contributed by atoms with Crippen LogP contribution in [-0.4, -0.2) is 34.6 Å². The molecular weight excluding hydrogens is 218 g/mol. The molecule has 0 bridgehead atoms. The number of anilines is 1. The van der Waals surface area contributed by atoms with Gasteiger partial charge in [-0.25, -0.2) is 9.97 Å². The summed E-state index contributed by atoms with van der Waals surface area (Å²) in [6.45, 7) is 2.09. The average Bonchev–Trinajstić information content (AvgIpc) is 2.30. The highest BCUT2D eigenvalue weighted by Gasteiger charge is 2.12. The highest BCUT2D eigenvalue weighted by Crippen LogP contribution is 2.14. The number of aromatic nitrogens is 2. The fourth-order valence-corrected chi connectivity index (χ4v) is 2.38. The molecule has 0 N–H and O–H groups in total. The largest absolute Gasteiger partial charge is 0.339 e. The van der Waals surface area contributed by atoms with Gasteiger partial charge in [0.1, 0.15) is 0 Å². The van der Waals surface area contributed by atoms with Crippen molar-refractivity contribution in [2.24, 2.45) is 0 Å². The van der Waals surface area contributed by atoms with Crippen molar-refractivity contribution >= 4 is 29.3 Å². The number of nitrogens with zero attached hydrogens (tertiary/aromatic N) is 3. The lowest BCUT2D eigenvalue weighted by Gasteiger charge is -2.26. The lowest BCUT2D eigenvalue weighted by molar-refractivity contribution is 0.813. The van der Waals surface area contributed by atoms with E-state index in [1.807, 2.05) is 11.8 Å². The Kier molecular flexibility index (Phi) is 3.48. The Hall–Kier alpha value is -0.480. The Morgan fingerprint density at radius 1 is 1.29 bits per heavy atom. The molecule has 14 heavy (non-hydrogen) atoms. The SMILES string of the molecule is ClCc1cnc(N2CCSCC2)nc1. The minimum Gasteiger partial charge on any atom is -0.339 e. The second-order valence-corrected chi connectivity index (χ2v) is 4.62. The Morgan fingerprint density at radius 3 is 2.50 bits per heavy atom. The first-order chi connectivity index (χ1) is 6.90. The number of alkyl halides is 1. The van der Waals surface area contributed by atoms with Crippen LogP contribution in [0.25, 0.3) is 0 Å². The van der Waals surface area contributed by atoms with Crippen LogP contribution in [0.2, 0.25) is 0 Å². The second-order valence-electron chi connectivity index (χ2n) is 3.12. The third kappa shape index (κ3) is 2.30. The highest BCUT2D eigenvalue weighted by molar-refractivity contribution is 7.99. The first-order valence-electron chi connectivity index (χ1n) is 4.60. The van der Waals surface area contributed by atoms with Gasteiger partial charge in [-0.3, -0.25) is 0 Å². The monoisotopic (exact) mass is 229 g/mol. The summed E-state index contributed by atoms with van der Waals surface area (Å²) in [6, 6.07) is 0. The van der Waals surface area contributed by atoms with Crippen molar-refractivity contribution in [3.8, 4) is 0 Å². The summed E-state index contributed by atoms with van der Waals surface area (Å²) in [4.78, 5) is 10.8. The second kappa shape index (κ2) is 4.84. The third-order valence-electron chi connectivity index (χ3n) is 2.14. The van der Waals surface area contributed by atoms with Crippen molar-refractivity contribution in [2.45, 2.75) is 5.88 Å². The highest BCUT2D eigenvalue weighted by atomic mass is 35.5. The lowest BCUT2D eigenvalue weighted by atomic mass is 10.4. The molecule has 0 amide bonds. The summed E-state index contributed by atoms with van der Waals surface area (Å²) in [5.41, 5.74) is 0.974. The number of hydrogen-bond donors (Lipinski definition) is 0. The Bertz CT molecular complexity index is 285. The molecule has 1 aliphatic heterocycles. The molecular formula is C9H12ClN3S. The molecule has 3 nitrogen and oxygen atoms in total. The van der Waals surface area contributed by atoms with Crippen LogP contribution >= 0.6 is 23.4 Å². The van der Waals surface area contributed by atoms with Crippen LogP contribution in [0.3, 0.4) is 0 Å². The smallest absolute Gasteiger partial charge is 0.225 e. The van der Waals surface area contributed by atoms with Crippen LogP contribution in [0.15, 0.2) is 12.4 Å². The van der Waals surface area contributed by atoms with E-state index in [1.54, 1.807) is 12.4 Å². The van der Waals surface area contributed by atoms with E-state index in [4.69, 9.17) is 11.6 Å². The quantitative estimate of drug-likeness (QED) is 0.723. The van der Waals surface area contributed by atoms with Gasteiger partial charge in [-0.1, -0.05) is 0 Å². The van der Waals surface area contributed by atoms with Gasteiger partial charge in [-0.05, 0) is 0 Å². The fourth-order valence-electron chi connectivity index (χ4n) is 1.34. The van der Waals surface area contributed by atoms with E-state index in [0.29, 0.717) is 5.88 Å². The van der Waals surface area contributed by atoms with Gasteiger partial charge in [0.15, 0.2) is 0 Å². The van der Waals surface area contributed by atoms with E-state index < -0.39 is 0 Å². The minimum atomic E-state index is 0.482. The molecule has 1 aromatic rings. The molecule has 1 aromatic heterocycles. The molecule has 1 fully saturated rings. The van der Waals surface area contributed by atoms with E-state index in [0.717, 1.165) is 24.6 Å². The maximum atomic E-state index is 5.67. The van der Waals surface area contributed by atoms with Gasteiger partial charge in [0.2, 0.25) is 5.95 Å². The zero-order valence-electron chi connectivity index (χ0n) is 7.82. The summed E-state index contributed by atoms with van der Waals surface area (Å²) in [5.74, 6) is 3.65. The maximum Gasteiger partial charge on any atom is 0.225 e. The number of rotatable bonds is 2. The molecule has 2 rings (SSSR count). The maximum absolute atomic E-state index is 5.67. The molecule has 5 heteroatoms. The molecule has 0 aromatic carbocycles. The van der Waals surface area contributed by atoms with Gasteiger partial charge >= 0.3 is 0 Å². The van der Waals surface area contributed by atoms with E-state index >= 15 is 0 Å². The number of thioether (sulfide) groups is 1. The molecule has 1 aliphatic rings. The molecule has 0 saturated carbocycles. The van der Waals surface area contributed by atoms with Crippen LogP contribution in [0.5, 0.6) is 0 Å². The predicted molar refractivity (Wildman–Crippen MR) is 61.1 cm³/mol. The summed E-state index contributed by atoms with van der Waals surface area (Å²) in [6.07, 6.45) is 3.61. The van der Waals surface area contributed by atoms with Gasteiger partial charge < -0.3 is 4.90 Å². The van der Waals surface area contributed by atoms with E-state index in [9.17, 15) is 0 Å². The molecule has 0 radical (unpaired) electrons. The molecule has 0 aliphatic carbocycles. The van der Waals surface area contributed by atoms with Crippen molar-refractivity contribution in [1.29, 1.82) is 0 Å². The Morgan fingerprint density at radius 2 is 1.93 bits per heavy atom. The first kappa shape index (κ1) is 10.1. The molecule has 2 heterocycles. The molecule has 0 spiro atoms. The zero-order valence-corrected chi connectivity index (χ0v) is 9.39. The fraction of sp³-hybridized carbons (Fsp3) is 0.556. The Labute approximate surface area is 92.9 Å². The first-order valence-corrected chi connectivity index (χ1v) is 6.28. The van der Waals surface area contributed by atoms with E-state index in [1.165, 1.54) is 11.5 Å². The predicted octanol–water partition coefficient (Wildman–Crippen LogP) is 1.77. The molecule has 1 saturated heterocycles. The van der Waals surface area contributed by atoms with Crippen molar-refractivity contribution in [1.82, 2.24) is 9.97 Å². The minimum absolute atomic E-state index is 0.482. The zero-order chi connectivity index (χ0) is 9.80. The van der Waals surface area contributed by atoms with Gasteiger partial charge in [0.25, 0.3) is 0 Å². The molecule has 76 valence electrons. The van der Waals surface area contributed by atoms with Crippen molar-refractivity contribution < 1.29 is 0 Å². The standard InChI is InChI=1S/C9H12ClN3S/c10-5-8-6-11-9(12-7-8)13-1-3-14-4-2-13/h6-7H,1-5H2. The summed E-state index contributed by atoms with van der Waals surface area (Å²) < 4.78 is 0. The topological polar surface area (TPSA) is 29.0 Å². The van der Waals surface area contributed by atoms with Gasteiger partial charge in [0.05, 0.1) is 5.88 Å². The van der Waals surface area contributed by atoms with Crippen molar-refractivity contribution in [3.63, 3.8) is 0 Å². The molecule has 0 unspecified atom stereocenters. The van der Waals surface area contributed by atoms with Crippen molar-refractivity contribution in [2.75, 3.05) is 29.5 Å². The normalized spacial score (nSPS) is 17.1. The van der Waals surface area contributed by atoms with Crippen LogP contribution in [0, 0.1) is 0 Å². The number of halogens is 1. The lowest BCUT2D eigenvalue weighted by Crippen LogP contribution is -2.33. The average molecular weight is 230 g/mol.